The third-order valence-electron chi connectivity index (χ3n) is 2.79. The molecule has 0 atom stereocenters. The van der Waals surface area contributed by atoms with E-state index in [4.69, 9.17) is 9.84 Å². The van der Waals surface area contributed by atoms with Crippen LogP contribution in [0.25, 0.3) is 11.0 Å². The number of aliphatic carboxylic acids is 1. The number of nitrogens with zero attached hydrogens (tertiary/aromatic N) is 2. The van der Waals surface area contributed by atoms with Crippen LogP contribution in [0.5, 0.6) is 0 Å². The van der Waals surface area contributed by atoms with Crippen LogP contribution in [0, 0.1) is 6.92 Å². The number of imidazole rings is 1. The first-order valence-corrected chi connectivity index (χ1v) is 7.47. The summed E-state index contributed by atoms with van der Waals surface area (Å²) >= 11 is 1.09. The lowest BCUT2D eigenvalue weighted by Gasteiger charge is -2.07. The highest BCUT2D eigenvalue weighted by Crippen LogP contribution is 2.25. The minimum atomic E-state index is -0.925. The average Bonchev–Trinajstić information content (AvgIpc) is 2.74. The van der Waals surface area contributed by atoms with Crippen molar-refractivity contribution >= 4 is 34.7 Å². The van der Waals surface area contributed by atoms with Gasteiger partial charge in [0.1, 0.15) is 6.54 Å². The Bertz CT molecular complexity index is 681. The molecule has 0 saturated carbocycles. The topological polar surface area (TPSA) is 81.4 Å². The highest BCUT2D eigenvalue weighted by molar-refractivity contribution is 7.99. The summed E-state index contributed by atoms with van der Waals surface area (Å²) in [6, 6.07) is 5.71. The van der Waals surface area contributed by atoms with Crippen molar-refractivity contribution in [3.05, 3.63) is 23.8 Å². The largest absolute Gasteiger partial charge is 0.481 e. The van der Waals surface area contributed by atoms with Gasteiger partial charge in [-0.25, -0.2) is 4.98 Å². The second-order valence-electron chi connectivity index (χ2n) is 4.46. The van der Waals surface area contributed by atoms with Crippen molar-refractivity contribution < 1.29 is 19.4 Å². The molecule has 0 radical (unpaired) electrons. The van der Waals surface area contributed by atoms with Crippen molar-refractivity contribution in [2.24, 2.45) is 0 Å². The normalized spacial score (nSPS) is 10.8. The first-order chi connectivity index (χ1) is 10.0. The van der Waals surface area contributed by atoms with Crippen LogP contribution in [-0.4, -0.2) is 39.0 Å². The predicted octanol–water partition coefficient (Wildman–Crippen LogP) is 2.08. The standard InChI is InChI=1S/C14H16N2O4S/c1-3-20-13(19)7-16-11-5-4-9(2)6-10(11)15-14(16)21-8-12(17)18/h4-6H,3,7-8H2,1-2H3,(H,17,18). The van der Waals surface area contributed by atoms with Gasteiger partial charge >= 0.3 is 11.9 Å². The molecule has 1 heterocycles. The van der Waals surface area contributed by atoms with Gasteiger partial charge < -0.3 is 14.4 Å². The van der Waals surface area contributed by atoms with Crippen LogP contribution < -0.4 is 0 Å². The molecule has 0 aliphatic heterocycles. The molecule has 0 fully saturated rings. The summed E-state index contributed by atoms with van der Waals surface area (Å²) in [7, 11) is 0. The molecule has 112 valence electrons. The fourth-order valence-electron chi connectivity index (χ4n) is 1.94. The SMILES string of the molecule is CCOC(=O)Cn1c(SCC(=O)O)nc2cc(C)ccc21. The Labute approximate surface area is 126 Å². The van der Waals surface area contributed by atoms with E-state index >= 15 is 0 Å². The van der Waals surface area contributed by atoms with E-state index in [0.717, 1.165) is 28.4 Å². The van der Waals surface area contributed by atoms with Gasteiger partial charge in [-0.15, -0.1) is 0 Å². The fraction of sp³-hybridized carbons (Fsp3) is 0.357. The Kier molecular flexibility index (Phi) is 4.85. The second kappa shape index (κ2) is 6.62. The van der Waals surface area contributed by atoms with Gasteiger partial charge in [-0.2, -0.15) is 0 Å². The van der Waals surface area contributed by atoms with E-state index in [-0.39, 0.29) is 18.3 Å². The predicted molar refractivity (Wildman–Crippen MR) is 79.5 cm³/mol. The smallest absolute Gasteiger partial charge is 0.326 e. The number of ether oxygens (including phenoxy) is 1. The van der Waals surface area contributed by atoms with E-state index in [1.807, 2.05) is 25.1 Å². The molecule has 0 aliphatic rings. The number of aryl methyl sites for hydroxylation is 1. The number of rotatable bonds is 6. The Hall–Kier alpha value is -2.02. The van der Waals surface area contributed by atoms with Gasteiger partial charge in [-0.3, -0.25) is 9.59 Å². The molecule has 1 N–H and O–H groups in total. The first kappa shape index (κ1) is 15.4. The van der Waals surface area contributed by atoms with Gasteiger partial charge in [0, 0.05) is 0 Å². The van der Waals surface area contributed by atoms with E-state index in [1.165, 1.54) is 0 Å². The van der Waals surface area contributed by atoms with Crippen LogP contribution in [-0.2, 0) is 20.9 Å². The first-order valence-electron chi connectivity index (χ1n) is 6.48. The van der Waals surface area contributed by atoms with Crippen LogP contribution in [0.2, 0.25) is 0 Å². The number of thioether (sulfide) groups is 1. The highest BCUT2D eigenvalue weighted by Gasteiger charge is 2.15. The fourth-order valence-corrected chi connectivity index (χ4v) is 2.68. The summed E-state index contributed by atoms with van der Waals surface area (Å²) in [6.45, 7) is 4.03. The molecule has 0 aliphatic carbocycles. The van der Waals surface area contributed by atoms with E-state index in [9.17, 15) is 9.59 Å². The maximum absolute atomic E-state index is 11.7. The molecular formula is C14H16N2O4S. The molecule has 0 saturated heterocycles. The van der Waals surface area contributed by atoms with Gasteiger partial charge in [0.25, 0.3) is 0 Å². The van der Waals surface area contributed by atoms with Crippen molar-refractivity contribution in [1.29, 1.82) is 0 Å². The lowest BCUT2D eigenvalue weighted by atomic mass is 10.2. The molecule has 21 heavy (non-hydrogen) atoms. The van der Waals surface area contributed by atoms with Gasteiger partial charge in [0.05, 0.1) is 23.4 Å². The zero-order valence-electron chi connectivity index (χ0n) is 11.8. The minimum absolute atomic E-state index is 0.0232. The number of hydrogen-bond donors (Lipinski definition) is 1. The van der Waals surface area contributed by atoms with Crippen molar-refractivity contribution in [1.82, 2.24) is 9.55 Å². The Morgan fingerprint density at radius 1 is 1.43 bits per heavy atom. The van der Waals surface area contributed by atoms with Crippen LogP contribution in [0.1, 0.15) is 12.5 Å². The molecule has 2 rings (SSSR count). The van der Waals surface area contributed by atoms with E-state index in [1.54, 1.807) is 11.5 Å². The molecule has 7 heteroatoms. The van der Waals surface area contributed by atoms with E-state index < -0.39 is 5.97 Å². The molecule has 0 unspecified atom stereocenters. The summed E-state index contributed by atoms with van der Waals surface area (Å²) in [5.74, 6) is -1.40. The summed E-state index contributed by atoms with van der Waals surface area (Å²) in [6.07, 6.45) is 0. The maximum Gasteiger partial charge on any atom is 0.326 e. The number of benzene rings is 1. The quantitative estimate of drug-likeness (QED) is 0.650. The number of fused-ring (bicyclic) bond motifs is 1. The second-order valence-corrected chi connectivity index (χ2v) is 5.40. The molecule has 0 amide bonds. The number of hydrogen-bond acceptors (Lipinski definition) is 5. The third kappa shape index (κ3) is 3.75. The summed E-state index contributed by atoms with van der Waals surface area (Å²) in [4.78, 5) is 26.9. The Morgan fingerprint density at radius 2 is 2.19 bits per heavy atom. The number of carboxylic acid groups (broad SMARTS) is 1. The average molecular weight is 308 g/mol. The summed E-state index contributed by atoms with van der Waals surface area (Å²) in [5, 5.41) is 9.31. The molecular weight excluding hydrogens is 292 g/mol. The molecule has 1 aromatic carbocycles. The van der Waals surface area contributed by atoms with Crippen LogP contribution >= 0.6 is 11.8 Å². The molecule has 0 spiro atoms. The van der Waals surface area contributed by atoms with Crippen LogP contribution in [0.4, 0.5) is 0 Å². The van der Waals surface area contributed by atoms with Crippen LogP contribution in [0.3, 0.4) is 0 Å². The number of carboxylic acids is 1. The van der Waals surface area contributed by atoms with Crippen molar-refractivity contribution in [2.75, 3.05) is 12.4 Å². The lowest BCUT2D eigenvalue weighted by Crippen LogP contribution is -2.14. The van der Waals surface area contributed by atoms with Gasteiger partial charge in [-0.1, -0.05) is 17.8 Å². The zero-order chi connectivity index (χ0) is 15.4. The van der Waals surface area contributed by atoms with E-state index in [0.29, 0.717) is 11.8 Å². The van der Waals surface area contributed by atoms with Crippen LogP contribution in [0.15, 0.2) is 23.4 Å². The minimum Gasteiger partial charge on any atom is -0.481 e. The van der Waals surface area contributed by atoms with Gasteiger partial charge in [0.15, 0.2) is 5.16 Å². The summed E-state index contributed by atoms with van der Waals surface area (Å²) < 4.78 is 6.65. The molecule has 0 bridgehead atoms. The number of aromatic nitrogens is 2. The maximum atomic E-state index is 11.7. The lowest BCUT2D eigenvalue weighted by molar-refractivity contribution is -0.143. The Morgan fingerprint density at radius 3 is 2.86 bits per heavy atom. The van der Waals surface area contributed by atoms with Crippen molar-refractivity contribution in [3.8, 4) is 0 Å². The number of esters is 1. The summed E-state index contributed by atoms with van der Waals surface area (Å²) in [5.41, 5.74) is 2.59. The van der Waals surface area contributed by atoms with Crippen molar-refractivity contribution in [3.63, 3.8) is 0 Å². The number of carbonyl (C=O) groups is 2. The van der Waals surface area contributed by atoms with Gasteiger partial charge in [-0.05, 0) is 31.5 Å². The molecule has 1 aromatic heterocycles. The monoisotopic (exact) mass is 308 g/mol. The Balaban J connectivity index is 2.39. The van der Waals surface area contributed by atoms with Crippen molar-refractivity contribution in [2.45, 2.75) is 25.5 Å². The molecule has 2 aromatic rings. The zero-order valence-corrected chi connectivity index (χ0v) is 12.6. The van der Waals surface area contributed by atoms with Gasteiger partial charge in [0.2, 0.25) is 0 Å². The third-order valence-corrected chi connectivity index (χ3v) is 3.75. The molecule has 6 nitrogen and oxygen atoms in total. The number of carbonyl (C=O) groups excluding carboxylic acids is 1. The van der Waals surface area contributed by atoms with E-state index in [2.05, 4.69) is 4.98 Å². The highest BCUT2D eigenvalue weighted by atomic mass is 32.2.